The number of aromatic nitrogens is 2. The molecule has 0 radical (unpaired) electrons. The van der Waals surface area contributed by atoms with Crippen LogP contribution in [0, 0.1) is 17.8 Å². The normalized spacial score (nSPS) is 17.5. The molecule has 23 nitrogen and oxygen atoms in total. The molecule has 2 aromatic rings. The van der Waals surface area contributed by atoms with Crippen LogP contribution in [-0.4, -0.2) is 166 Å². The Bertz CT molecular complexity index is 2030. The Morgan fingerprint density at radius 1 is 0.930 bits per heavy atom. The Morgan fingerprint density at radius 2 is 1.62 bits per heavy atom. The molecule has 1 aromatic carbocycles. The second-order valence-electron chi connectivity index (χ2n) is 17.9. The SMILES string of the molecule is CC(C)C[C@H](NC(=O)[C@@H]1C[C@@H](OCCCCc2ccccc2)CN1C(=O)CCOCCOCCNC(=O)[C@@H](N)CS)C(=O)C[C@@H](Cc1cnc[nH]1)C(=O)N[C@@H](CO)C(=O)C[C@H](C(N)=O)C(C)OP(=O)(O)O. The summed E-state index contributed by atoms with van der Waals surface area (Å²) in [6, 6.07) is 5.57. The number of ether oxygens (including phenoxy) is 3. The number of imidazole rings is 1. The van der Waals surface area contributed by atoms with E-state index in [0.717, 1.165) is 26.2 Å². The molecule has 1 fully saturated rings. The molecule has 25 heteroatoms. The number of Topliss-reactive ketones (excluding diaryl/α,β-unsaturated/α-hetero) is 2. The zero-order chi connectivity index (χ0) is 52.5. The molecule has 0 aliphatic carbocycles. The number of hydrogen-bond acceptors (Lipinski definition) is 16. The molecule has 398 valence electrons. The number of phosphoric ester groups is 1. The zero-order valence-electron chi connectivity index (χ0n) is 40.6. The number of phosphoric acid groups is 1. The average molecular weight is 1040 g/mol. The predicted octanol–water partition coefficient (Wildman–Crippen LogP) is -0.100. The quantitative estimate of drug-likeness (QED) is 0.0242. The van der Waals surface area contributed by atoms with Crippen molar-refractivity contribution in [1.29, 1.82) is 0 Å². The summed E-state index contributed by atoms with van der Waals surface area (Å²) in [5, 5.41) is 18.1. The predicted molar refractivity (Wildman–Crippen MR) is 261 cm³/mol. The molecular weight excluding hydrogens is 968 g/mol. The number of H-pyrrole nitrogens is 1. The van der Waals surface area contributed by atoms with Gasteiger partial charge in [-0.3, -0.25) is 38.1 Å². The number of thiol groups is 1. The highest BCUT2D eigenvalue weighted by Crippen LogP contribution is 2.39. The van der Waals surface area contributed by atoms with E-state index in [1.54, 1.807) is 0 Å². The Labute approximate surface area is 419 Å². The number of carbonyl (C=O) groups is 7. The van der Waals surface area contributed by atoms with Gasteiger partial charge in [0.05, 0.1) is 81.9 Å². The maximum Gasteiger partial charge on any atom is 0.469 e. The maximum atomic E-state index is 14.3. The molecule has 1 saturated heterocycles. The van der Waals surface area contributed by atoms with Gasteiger partial charge < -0.3 is 66.4 Å². The number of unbranched alkanes of at least 4 members (excludes halogenated alkanes) is 1. The summed E-state index contributed by atoms with van der Waals surface area (Å²) in [5.74, 6) is -7.33. The van der Waals surface area contributed by atoms with Gasteiger partial charge in [0, 0.05) is 63.0 Å². The number of nitrogens with two attached hydrogens (primary N) is 2. The fourth-order valence-corrected chi connectivity index (χ4v) is 8.58. The number of hydrogen-bond donors (Lipinski definition) is 10. The molecule has 1 aliphatic heterocycles. The molecule has 8 atom stereocenters. The Kier molecular flexibility index (Phi) is 27.1. The maximum absolute atomic E-state index is 14.3. The molecule has 3 rings (SSSR count). The van der Waals surface area contributed by atoms with Crippen LogP contribution in [0.3, 0.4) is 0 Å². The molecule has 1 unspecified atom stereocenters. The third-order valence-corrected chi connectivity index (χ3v) is 12.7. The first kappa shape index (κ1) is 60.7. The highest BCUT2D eigenvalue weighted by Gasteiger charge is 2.42. The number of nitrogens with zero attached hydrogens (tertiary/aromatic N) is 2. The third-order valence-electron chi connectivity index (χ3n) is 11.6. The van der Waals surface area contributed by atoms with Gasteiger partial charge in [0.2, 0.25) is 29.5 Å². The number of aliphatic hydroxyl groups excluding tert-OH is 1. The highest BCUT2D eigenvalue weighted by atomic mass is 32.1. The third kappa shape index (κ3) is 22.8. The molecule has 11 N–H and O–H groups in total. The molecule has 0 spiro atoms. The summed E-state index contributed by atoms with van der Waals surface area (Å²) in [4.78, 5) is 120. The van der Waals surface area contributed by atoms with Crippen LogP contribution in [-0.2, 0) is 69.7 Å². The summed E-state index contributed by atoms with van der Waals surface area (Å²) in [6.07, 6.45) is 2.25. The van der Waals surface area contributed by atoms with Crippen molar-refractivity contribution in [1.82, 2.24) is 30.8 Å². The summed E-state index contributed by atoms with van der Waals surface area (Å²) in [5.41, 5.74) is 12.7. The van der Waals surface area contributed by atoms with E-state index in [-0.39, 0.29) is 88.7 Å². The fraction of sp³-hybridized carbons (Fsp3) is 0.652. The average Bonchev–Trinajstić information content (AvgIpc) is 4.01. The zero-order valence-corrected chi connectivity index (χ0v) is 42.4. The molecule has 0 bridgehead atoms. The summed E-state index contributed by atoms with van der Waals surface area (Å²) in [7, 11) is -5.09. The number of ketones is 2. The molecule has 5 amide bonds. The first-order chi connectivity index (χ1) is 33.7. The Balaban J connectivity index is 1.72. The van der Waals surface area contributed by atoms with Crippen molar-refractivity contribution in [3.05, 3.63) is 54.1 Å². The number of amides is 5. The lowest BCUT2D eigenvalue weighted by molar-refractivity contribution is -0.140. The molecule has 71 heavy (non-hydrogen) atoms. The van der Waals surface area contributed by atoms with E-state index in [9.17, 15) is 53.0 Å². The molecule has 0 saturated carbocycles. The van der Waals surface area contributed by atoms with Crippen LogP contribution >= 0.6 is 20.5 Å². The number of aromatic amines is 1. The Hall–Kier alpha value is -4.62. The summed E-state index contributed by atoms with van der Waals surface area (Å²) in [6.45, 7) is 5.26. The summed E-state index contributed by atoms with van der Waals surface area (Å²) < 4.78 is 33.3. The lowest BCUT2D eigenvalue weighted by Crippen LogP contribution is -2.52. The highest BCUT2D eigenvalue weighted by molar-refractivity contribution is 7.80. The van der Waals surface area contributed by atoms with Crippen molar-refractivity contribution in [3.8, 4) is 0 Å². The first-order valence-electron chi connectivity index (χ1n) is 23.7. The van der Waals surface area contributed by atoms with Crippen molar-refractivity contribution < 1.29 is 71.8 Å². The number of primary amides is 1. The van der Waals surface area contributed by atoms with Crippen LogP contribution in [0.1, 0.15) is 77.0 Å². The van der Waals surface area contributed by atoms with E-state index in [1.165, 1.54) is 23.0 Å². The number of benzene rings is 1. The van der Waals surface area contributed by atoms with Crippen molar-refractivity contribution in [2.45, 2.75) is 115 Å². The van der Waals surface area contributed by atoms with Crippen molar-refractivity contribution >= 4 is 61.6 Å². The van der Waals surface area contributed by atoms with Gasteiger partial charge in [-0.05, 0) is 44.1 Å². The molecule has 1 aromatic heterocycles. The van der Waals surface area contributed by atoms with Crippen molar-refractivity contribution in [3.63, 3.8) is 0 Å². The van der Waals surface area contributed by atoms with Crippen molar-refractivity contribution in [2.24, 2.45) is 29.2 Å². The second-order valence-corrected chi connectivity index (χ2v) is 19.4. The first-order valence-corrected chi connectivity index (χ1v) is 25.9. The minimum atomic E-state index is -5.09. The van der Waals surface area contributed by atoms with Gasteiger partial charge in [-0.1, -0.05) is 44.2 Å². The number of aliphatic hydroxyl groups is 1. The summed E-state index contributed by atoms with van der Waals surface area (Å²) >= 11 is 4.00. The van der Waals surface area contributed by atoms with E-state index >= 15 is 0 Å². The van der Waals surface area contributed by atoms with Crippen LogP contribution in [0.5, 0.6) is 0 Å². The largest absolute Gasteiger partial charge is 0.469 e. The van der Waals surface area contributed by atoms with Crippen LogP contribution in [0.25, 0.3) is 0 Å². The van der Waals surface area contributed by atoms with Gasteiger partial charge in [-0.2, -0.15) is 12.6 Å². The lowest BCUT2D eigenvalue weighted by atomic mass is 9.89. The number of aryl methyl sites for hydroxylation is 1. The topological polar surface area (TPSA) is 354 Å². The van der Waals surface area contributed by atoms with E-state index in [0.29, 0.717) is 12.3 Å². The number of nitrogens with one attached hydrogen (secondary N) is 4. The van der Waals surface area contributed by atoms with Gasteiger partial charge in [-0.15, -0.1) is 0 Å². The van der Waals surface area contributed by atoms with Gasteiger partial charge in [0.1, 0.15) is 12.1 Å². The minimum absolute atomic E-state index is 0.0262. The van der Waals surface area contributed by atoms with Gasteiger partial charge in [-0.25, -0.2) is 9.55 Å². The molecule has 1 aliphatic rings. The molecule has 2 heterocycles. The Morgan fingerprint density at radius 3 is 2.24 bits per heavy atom. The van der Waals surface area contributed by atoms with Gasteiger partial charge in [0.15, 0.2) is 11.6 Å². The van der Waals surface area contributed by atoms with Crippen LogP contribution in [0.15, 0.2) is 42.9 Å². The van der Waals surface area contributed by atoms with E-state index in [4.69, 9.17) is 25.7 Å². The van der Waals surface area contributed by atoms with E-state index < -0.39 is 105 Å². The van der Waals surface area contributed by atoms with Crippen LogP contribution in [0.4, 0.5) is 0 Å². The second kappa shape index (κ2) is 31.8. The van der Waals surface area contributed by atoms with Crippen molar-refractivity contribution in [2.75, 3.05) is 58.5 Å². The number of carbonyl (C=O) groups excluding carboxylic acids is 7. The van der Waals surface area contributed by atoms with E-state index in [2.05, 4.69) is 55.2 Å². The van der Waals surface area contributed by atoms with Gasteiger partial charge in [0.25, 0.3) is 0 Å². The number of rotatable bonds is 36. The standard InChI is InChI=1S/C46H73N8O15PS/c1-29(2)19-37(40(56)21-32(20-33-24-49-28-51-33)44(60)53-38(26-55)41(57)23-35(43(48)59)30(3)69-70(63,64)65)52-46(62)39-22-34(68-14-8-7-11-31-9-5-4-6-10-31)25-54(39)42(58)12-15-66-17-18-67-16-13-50-45(61)36(47)27-71/h4-6,9-10,24,28-30,32,34-39,55,71H,7-8,11-23,25-27,47H2,1-3H3,(H2,48,59)(H,49,51)(H,50,61)(H,52,62)(H,53,60)(H2,63,64,65)/t30?,32-,34-,35+,36+,37+,38+,39+/m1/s1. The fourth-order valence-electron chi connectivity index (χ4n) is 7.83. The monoisotopic (exact) mass is 1040 g/mol. The lowest BCUT2D eigenvalue weighted by Gasteiger charge is -2.28. The minimum Gasteiger partial charge on any atom is -0.394 e. The molecular formula is C46H73N8O15PS. The van der Waals surface area contributed by atoms with Crippen LogP contribution in [0.2, 0.25) is 0 Å². The number of likely N-dealkylation sites (tertiary alicyclic amines) is 1. The van der Waals surface area contributed by atoms with Crippen LogP contribution < -0.4 is 27.4 Å². The van der Waals surface area contributed by atoms with Gasteiger partial charge >= 0.3 is 7.82 Å². The smallest absolute Gasteiger partial charge is 0.394 e. The van der Waals surface area contributed by atoms with E-state index in [1.807, 2.05) is 32.0 Å².